The summed E-state index contributed by atoms with van der Waals surface area (Å²) in [5.41, 5.74) is 3.67. The molecule has 3 aromatic carbocycles. The third-order valence-electron chi connectivity index (χ3n) is 9.47. The lowest BCUT2D eigenvalue weighted by molar-refractivity contribution is 0.0767. The minimum atomic E-state index is -0.0765. The number of hydrogen-bond acceptors (Lipinski definition) is 8. The van der Waals surface area contributed by atoms with Crippen LogP contribution in [0.3, 0.4) is 0 Å². The number of benzene rings is 3. The van der Waals surface area contributed by atoms with Crippen LogP contribution in [0.1, 0.15) is 59.2 Å². The van der Waals surface area contributed by atoms with E-state index in [-0.39, 0.29) is 17.9 Å². The average molecular weight is 625 g/mol. The summed E-state index contributed by atoms with van der Waals surface area (Å²) in [5, 5.41) is 3.38. The first-order chi connectivity index (χ1) is 22.5. The van der Waals surface area contributed by atoms with E-state index in [2.05, 4.69) is 5.32 Å². The number of nitrogens with zero attached hydrogens (tertiary/aromatic N) is 3. The summed E-state index contributed by atoms with van der Waals surface area (Å²) in [4.78, 5) is 35.3. The standard InChI is InChI=1S/C36H40N4O6/c1-43-30-17-26-28(37-13-14-39(34(26)41)24-9-5-3-6-10-24)19-32(30)45-15-7-4-8-16-46-33-20-29-27(18-31(33)44-2)35(42)40-23-36(11-12-36)21-25(40)22-38-29/h3,5-6,9-10,17-20,22,25,37H,4,7-8,11-16,21,23H2,1-2H3/t25-/m0/s1. The number of amides is 2. The lowest BCUT2D eigenvalue weighted by Crippen LogP contribution is -2.35. The lowest BCUT2D eigenvalue weighted by Gasteiger charge is -2.21. The van der Waals surface area contributed by atoms with Gasteiger partial charge in [0, 0.05) is 43.7 Å². The maximum Gasteiger partial charge on any atom is 0.260 e. The van der Waals surface area contributed by atoms with Crippen molar-refractivity contribution >= 4 is 35.1 Å². The molecule has 1 spiro atoms. The third-order valence-corrected chi connectivity index (χ3v) is 9.47. The predicted octanol–water partition coefficient (Wildman–Crippen LogP) is 6.11. The van der Waals surface area contributed by atoms with E-state index in [9.17, 15) is 9.59 Å². The molecule has 1 aliphatic carbocycles. The highest BCUT2D eigenvalue weighted by molar-refractivity contribution is 6.11. The molecule has 1 N–H and O–H groups in total. The Bertz CT molecular complexity index is 1650. The second-order valence-electron chi connectivity index (χ2n) is 12.5. The molecule has 10 heteroatoms. The topological polar surface area (TPSA) is 102 Å². The highest BCUT2D eigenvalue weighted by atomic mass is 16.5. The number of carbonyl (C=O) groups excluding carboxylic acids is 2. The van der Waals surface area contributed by atoms with Gasteiger partial charge in [-0.25, -0.2) is 0 Å². The van der Waals surface area contributed by atoms with Gasteiger partial charge in [-0.3, -0.25) is 14.6 Å². The molecule has 3 heterocycles. The van der Waals surface area contributed by atoms with Crippen LogP contribution in [0.15, 0.2) is 59.6 Å². The molecule has 0 unspecified atom stereocenters. The van der Waals surface area contributed by atoms with Crippen LogP contribution >= 0.6 is 0 Å². The smallest absolute Gasteiger partial charge is 0.260 e. The predicted molar refractivity (Wildman–Crippen MR) is 177 cm³/mol. The number of carbonyl (C=O) groups is 2. The largest absolute Gasteiger partial charge is 0.493 e. The van der Waals surface area contributed by atoms with E-state index in [4.69, 9.17) is 23.9 Å². The first-order valence-electron chi connectivity index (χ1n) is 16.1. The van der Waals surface area contributed by atoms with Gasteiger partial charge in [0.25, 0.3) is 11.8 Å². The molecule has 240 valence electrons. The monoisotopic (exact) mass is 624 g/mol. The molecule has 2 amide bonds. The fourth-order valence-corrected chi connectivity index (χ4v) is 6.72. The summed E-state index contributed by atoms with van der Waals surface area (Å²) in [6.07, 6.45) is 7.85. The van der Waals surface area contributed by atoms with Crippen molar-refractivity contribution < 1.29 is 28.5 Å². The molecular weight excluding hydrogens is 584 g/mol. The molecule has 46 heavy (non-hydrogen) atoms. The fourth-order valence-electron chi connectivity index (χ4n) is 6.72. The first-order valence-corrected chi connectivity index (χ1v) is 16.1. The number of fused-ring (bicyclic) bond motifs is 3. The summed E-state index contributed by atoms with van der Waals surface area (Å²) in [6.45, 7) is 2.99. The molecule has 0 bridgehead atoms. The molecule has 1 atom stereocenters. The Hall–Kier alpha value is -4.73. The molecule has 0 radical (unpaired) electrons. The number of unbranched alkanes of at least 4 members (excludes halogenated alkanes) is 2. The number of aliphatic imine (C=N–C) groups is 1. The van der Waals surface area contributed by atoms with E-state index in [1.165, 1.54) is 12.8 Å². The summed E-state index contributed by atoms with van der Waals surface area (Å²) in [7, 11) is 3.18. The Kier molecular flexibility index (Phi) is 8.19. The van der Waals surface area contributed by atoms with Crippen LogP contribution in [0.5, 0.6) is 23.0 Å². The van der Waals surface area contributed by atoms with E-state index >= 15 is 0 Å². The van der Waals surface area contributed by atoms with Gasteiger partial charge in [0.15, 0.2) is 23.0 Å². The Balaban J connectivity index is 0.921. The summed E-state index contributed by atoms with van der Waals surface area (Å²) < 4.78 is 23.4. The zero-order valence-electron chi connectivity index (χ0n) is 26.4. The van der Waals surface area contributed by atoms with E-state index in [0.29, 0.717) is 71.5 Å². The van der Waals surface area contributed by atoms with Crippen LogP contribution in [0.4, 0.5) is 17.1 Å². The van der Waals surface area contributed by atoms with Crippen LogP contribution in [0.25, 0.3) is 0 Å². The molecule has 2 fully saturated rings. The molecule has 1 saturated heterocycles. The van der Waals surface area contributed by atoms with Gasteiger partial charge in [-0.15, -0.1) is 0 Å². The number of methoxy groups -OCH3 is 2. The highest BCUT2D eigenvalue weighted by Crippen LogP contribution is 2.55. The minimum absolute atomic E-state index is 0.0220. The summed E-state index contributed by atoms with van der Waals surface area (Å²) >= 11 is 0. The molecule has 3 aliphatic heterocycles. The van der Waals surface area contributed by atoms with E-state index in [0.717, 1.165) is 43.6 Å². The second kappa shape index (κ2) is 12.6. The maximum atomic E-state index is 13.4. The number of ether oxygens (including phenoxy) is 4. The minimum Gasteiger partial charge on any atom is -0.493 e. The third kappa shape index (κ3) is 5.84. The SMILES string of the molecule is COc1cc2c(cc1OCCCCCOc1cc3c(cc1OC)C(=O)N(c1ccccc1)CCN3)N=C[C@@H]1CC3(CC3)CN1C2=O. The van der Waals surface area contributed by atoms with E-state index in [1.54, 1.807) is 31.3 Å². The number of anilines is 2. The number of hydrogen-bond donors (Lipinski definition) is 1. The zero-order valence-corrected chi connectivity index (χ0v) is 26.4. The Labute approximate surface area is 269 Å². The van der Waals surface area contributed by atoms with Gasteiger partial charge < -0.3 is 34.1 Å². The molecule has 10 nitrogen and oxygen atoms in total. The van der Waals surface area contributed by atoms with Crippen molar-refractivity contribution in [2.24, 2.45) is 10.4 Å². The average Bonchev–Trinajstić information content (AvgIpc) is 3.79. The normalized spacial score (nSPS) is 19.0. The van der Waals surface area contributed by atoms with Crippen LogP contribution in [0.2, 0.25) is 0 Å². The summed E-state index contributed by atoms with van der Waals surface area (Å²) in [5.74, 6) is 2.20. The van der Waals surface area contributed by atoms with Gasteiger partial charge in [-0.2, -0.15) is 0 Å². The Morgan fingerprint density at radius 1 is 0.848 bits per heavy atom. The van der Waals surface area contributed by atoms with E-state index in [1.807, 2.05) is 53.6 Å². The first kappa shape index (κ1) is 30.0. The van der Waals surface area contributed by atoms with Gasteiger partial charge in [0.2, 0.25) is 0 Å². The summed E-state index contributed by atoms with van der Waals surface area (Å²) in [6, 6.07) is 17.0. The molecule has 0 aromatic heterocycles. The zero-order chi connectivity index (χ0) is 31.7. The molecular formula is C36H40N4O6. The number of rotatable bonds is 11. The Morgan fingerprint density at radius 3 is 2.24 bits per heavy atom. The molecule has 1 saturated carbocycles. The molecule has 7 rings (SSSR count). The van der Waals surface area contributed by atoms with Crippen molar-refractivity contribution in [1.29, 1.82) is 0 Å². The van der Waals surface area contributed by atoms with Gasteiger partial charge in [0.1, 0.15) is 0 Å². The van der Waals surface area contributed by atoms with Gasteiger partial charge in [0.05, 0.1) is 56.0 Å². The second-order valence-corrected chi connectivity index (χ2v) is 12.5. The molecule has 4 aliphatic rings. The van der Waals surface area contributed by atoms with Gasteiger partial charge in [-0.1, -0.05) is 18.2 Å². The Morgan fingerprint density at radius 2 is 1.54 bits per heavy atom. The van der Waals surface area contributed by atoms with Crippen molar-refractivity contribution in [3.63, 3.8) is 0 Å². The van der Waals surface area contributed by atoms with Crippen LogP contribution in [-0.2, 0) is 0 Å². The van der Waals surface area contributed by atoms with Gasteiger partial charge >= 0.3 is 0 Å². The lowest BCUT2D eigenvalue weighted by atomic mass is 10.0. The maximum absolute atomic E-state index is 13.4. The van der Waals surface area contributed by atoms with Crippen molar-refractivity contribution in [1.82, 2.24) is 4.90 Å². The van der Waals surface area contributed by atoms with E-state index < -0.39 is 0 Å². The van der Waals surface area contributed by atoms with Gasteiger partial charge in [-0.05, 0) is 68.2 Å². The van der Waals surface area contributed by atoms with Crippen molar-refractivity contribution in [2.45, 2.75) is 44.6 Å². The van der Waals surface area contributed by atoms with Crippen molar-refractivity contribution in [3.8, 4) is 23.0 Å². The van der Waals surface area contributed by atoms with Crippen LogP contribution in [0, 0.1) is 5.41 Å². The van der Waals surface area contributed by atoms with Crippen molar-refractivity contribution in [3.05, 3.63) is 65.7 Å². The van der Waals surface area contributed by atoms with Crippen molar-refractivity contribution in [2.75, 3.05) is 57.3 Å². The van der Waals surface area contributed by atoms with Crippen LogP contribution in [-0.4, -0.2) is 76.0 Å². The number of para-hydroxylation sites is 1. The van der Waals surface area contributed by atoms with Crippen LogP contribution < -0.4 is 29.2 Å². The fraction of sp³-hybridized carbons (Fsp3) is 0.417. The molecule has 3 aromatic rings. The quantitative estimate of drug-likeness (QED) is 0.257. The number of nitrogens with one attached hydrogen (secondary N) is 1. The highest BCUT2D eigenvalue weighted by Gasteiger charge is 2.53.